The molecule has 0 amide bonds. The van der Waals surface area contributed by atoms with Crippen molar-refractivity contribution in [1.29, 1.82) is 0 Å². The molecule has 0 heterocycles. The van der Waals surface area contributed by atoms with Crippen LogP contribution in [0.3, 0.4) is 0 Å². The second kappa shape index (κ2) is 5.67. The van der Waals surface area contributed by atoms with E-state index in [2.05, 4.69) is 27.7 Å². The maximum Gasteiger partial charge on any atom is 0.139 e. The lowest BCUT2D eigenvalue weighted by Crippen LogP contribution is -2.35. The van der Waals surface area contributed by atoms with E-state index in [-0.39, 0.29) is 0 Å². The normalized spacial score (nSPS) is 31.3. The number of rotatable bonds is 4. The third-order valence-electron chi connectivity index (χ3n) is 4.42. The number of carbonyl (C=O) groups excluding carboxylic acids is 1. The zero-order valence-corrected chi connectivity index (χ0v) is 10.8. The van der Waals surface area contributed by atoms with Gasteiger partial charge in [-0.3, -0.25) is 4.79 Å². The van der Waals surface area contributed by atoms with Crippen LogP contribution in [0.25, 0.3) is 0 Å². The van der Waals surface area contributed by atoms with Gasteiger partial charge in [0.25, 0.3) is 0 Å². The van der Waals surface area contributed by atoms with Crippen LogP contribution in [0.15, 0.2) is 0 Å². The van der Waals surface area contributed by atoms with Crippen LogP contribution in [-0.2, 0) is 4.79 Å². The first-order valence-electron chi connectivity index (χ1n) is 6.65. The Morgan fingerprint density at radius 2 is 1.47 bits per heavy atom. The number of carbonyl (C=O) groups is 1. The lowest BCUT2D eigenvalue weighted by Gasteiger charge is -2.34. The summed E-state index contributed by atoms with van der Waals surface area (Å²) in [5, 5.41) is 0. The van der Waals surface area contributed by atoms with Crippen molar-refractivity contribution in [2.45, 2.75) is 59.8 Å². The van der Waals surface area contributed by atoms with E-state index in [0.717, 1.165) is 25.7 Å². The first kappa shape index (κ1) is 12.7. The smallest absolute Gasteiger partial charge is 0.139 e. The van der Waals surface area contributed by atoms with Gasteiger partial charge in [-0.25, -0.2) is 0 Å². The first-order valence-corrected chi connectivity index (χ1v) is 6.65. The van der Waals surface area contributed by atoms with Gasteiger partial charge in [0.15, 0.2) is 0 Å². The SMILES string of the molecule is CC[C@@H](C)[C@H]1CCC[C@H]([C@@H](C)CC)C1=O. The summed E-state index contributed by atoms with van der Waals surface area (Å²) in [5.74, 6) is 2.48. The molecule has 1 rings (SSSR count). The second-order valence-corrected chi connectivity index (χ2v) is 5.32. The lowest BCUT2D eigenvalue weighted by atomic mass is 9.69. The Morgan fingerprint density at radius 1 is 1.07 bits per heavy atom. The average Bonchev–Trinajstić information content (AvgIpc) is 2.27. The Kier molecular flexibility index (Phi) is 4.82. The fourth-order valence-electron chi connectivity index (χ4n) is 2.82. The molecule has 0 bridgehead atoms. The molecule has 0 radical (unpaired) electrons. The Labute approximate surface area is 94.6 Å². The van der Waals surface area contributed by atoms with Crippen molar-refractivity contribution in [2.24, 2.45) is 23.7 Å². The molecule has 1 fully saturated rings. The molecule has 1 aliphatic rings. The molecule has 1 nitrogen and oxygen atoms in total. The van der Waals surface area contributed by atoms with Gasteiger partial charge in [-0.15, -0.1) is 0 Å². The Hall–Kier alpha value is -0.330. The molecule has 0 aromatic heterocycles. The molecule has 15 heavy (non-hydrogen) atoms. The molecule has 1 aliphatic carbocycles. The van der Waals surface area contributed by atoms with Crippen LogP contribution < -0.4 is 0 Å². The highest BCUT2D eigenvalue weighted by Crippen LogP contribution is 2.36. The highest BCUT2D eigenvalue weighted by atomic mass is 16.1. The summed E-state index contributed by atoms with van der Waals surface area (Å²) in [6.07, 6.45) is 5.82. The van der Waals surface area contributed by atoms with Gasteiger partial charge in [-0.2, -0.15) is 0 Å². The van der Waals surface area contributed by atoms with E-state index in [9.17, 15) is 4.79 Å². The molecular formula is C14H26O. The van der Waals surface area contributed by atoms with Crippen LogP contribution in [0, 0.1) is 23.7 Å². The van der Waals surface area contributed by atoms with Crippen molar-refractivity contribution >= 4 is 5.78 Å². The third kappa shape index (κ3) is 2.83. The van der Waals surface area contributed by atoms with E-state index in [1.807, 2.05) is 0 Å². The van der Waals surface area contributed by atoms with Crippen molar-refractivity contribution in [3.8, 4) is 0 Å². The monoisotopic (exact) mass is 210 g/mol. The van der Waals surface area contributed by atoms with Crippen LogP contribution in [0.1, 0.15) is 59.8 Å². The van der Waals surface area contributed by atoms with Crippen LogP contribution >= 0.6 is 0 Å². The Balaban J connectivity index is 2.66. The molecule has 0 spiro atoms. The quantitative estimate of drug-likeness (QED) is 0.683. The summed E-state index contributed by atoms with van der Waals surface area (Å²) < 4.78 is 0. The van der Waals surface area contributed by atoms with E-state index in [1.54, 1.807) is 0 Å². The maximum absolute atomic E-state index is 12.3. The minimum atomic E-state index is 0.364. The van der Waals surface area contributed by atoms with Crippen LogP contribution in [0.4, 0.5) is 0 Å². The number of hydrogen-bond acceptors (Lipinski definition) is 1. The number of hydrogen-bond donors (Lipinski definition) is 0. The van der Waals surface area contributed by atoms with Crippen molar-refractivity contribution in [1.82, 2.24) is 0 Å². The Bertz CT molecular complexity index is 189. The Morgan fingerprint density at radius 3 is 1.80 bits per heavy atom. The van der Waals surface area contributed by atoms with E-state index in [1.165, 1.54) is 6.42 Å². The van der Waals surface area contributed by atoms with Crippen LogP contribution in [0.5, 0.6) is 0 Å². The zero-order chi connectivity index (χ0) is 11.4. The predicted octanol–water partition coefficient (Wildman–Crippen LogP) is 4.06. The van der Waals surface area contributed by atoms with Crippen molar-refractivity contribution in [3.63, 3.8) is 0 Å². The first-order chi connectivity index (χ1) is 7.11. The van der Waals surface area contributed by atoms with Crippen molar-refractivity contribution in [3.05, 3.63) is 0 Å². The van der Waals surface area contributed by atoms with Gasteiger partial charge < -0.3 is 0 Å². The summed E-state index contributed by atoms with van der Waals surface area (Å²) >= 11 is 0. The molecule has 0 aliphatic heterocycles. The molecule has 0 N–H and O–H groups in total. The van der Waals surface area contributed by atoms with Gasteiger partial charge in [-0.05, 0) is 24.7 Å². The van der Waals surface area contributed by atoms with Gasteiger partial charge in [0.1, 0.15) is 5.78 Å². The minimum Gasteiger partial charge on any atom is -0.299 e. The second-order valence-electron chi connectivity index (χ2n) is 5.32. The largest absolute Gasteiger partial charge is 0.299 e. The molecule has 0 aromatic carbocycles. The molecule has 1 saturated carbocycles. The average molecular weight is 210 g/mol. The molecule has 88 valence electrons. The van der Waals surface area contributed by atoms with Crippen LogP contribution in [0.2, 0.25) is 0 Å². The molecule has 0 aromatic rings. The topological polar surface area (TPSA) is 17.1 Å². The zero-order valence-electron chi connectivity index (χ0n) is 10.8. The van der Waals surface area contributed by atoms with E-state index in [4.69, 9.17) is 0 Å². The highest BCUT2D eigenvalue weighted by Gasteiger charge is 2.35. The minimum absolute atomic E-state index is 0.364. The van der Waals surface area contributed by atoms with Gasteiger partial charge in [0.2, 0.25) is 0 Å². The molecule has 0 saturated heterocycles. The maximum atomic E-state index is 12.3. The van der Waals surface area contributed by atoms with Gasteiger partial charge in [-0.1, -0.05) is 47.0 Å². The lowest BCUT2D eigenvalue weighted by molar-refractivity contribution is -0.132. The summed E-state index contributed by atoms with van der Waals surface area (Å²) in [7, 11) is 0. The summed E-state index contributed by atoms with van der Waals surface area (Å²) in [5.41, 5.74) is 0. The summed E-state index contributed by atoms with van der Waals surface area (Å²) in [4.78, 5) is 12.3. The molecule has 0 unspecified atom stereocenters. The number of ketones is 1. The molecular weight excluding hydrogens is 184 g/mol. The highest BCUT2D eigenvalue weighted by molar-refractivity contribution is 5.84. The number of Topliss-reactive ketones (excluding diaryl/α,β-unsaturated/α-hetero) is 1. The third-order valence-corrected chi connectivity index (χ3v) is 4.42. The summed E-state index contributed by atoms with van der Waals surface area (Å²) in [6.45, 7) is 8.87. The standard InChI is InChI=1S/C14H26O/c1-5-10(3)12-8-7-9-13(14(12)15)11(4)6-2/h10-13H,5-9H2,1-4H3/t10-,11+,12-,13-/m1/s1. The van der Waals surface area contributed by atoms with Crippen molar-refractivity contribution < 1.29 is 4.79 Å². The summed E-state index contributed by atoms with van der Waals surface area (Å²) in [6, 6.07) is 0. The van der Waals surface area contributed by atoms with E-state index in [0.29, 0.717) is 29.5 Å². The molecule has 1 heteroatoms. The fourth-order valence-corrected chi connectivity index (χ4v) is 2.82. The van der Waals surface area contributed by atoms with E-state index >= 15 is 0 Å². The van der Waals surface area contributed by atoms with Crippen molar-refractivity contribution in [2.75, 3.05) is 0 Å². The van der Waals surface area contributed by atoms with Gasteiger partial charge in [0.05, 0.1) is 0 Å². The molecule has 4 atom stereocenters. The van der Waals surface area contributed by atoms with Gasteiger partial charge in [0, 0.05) is 11.8 Å². The fraction of sp³-hybridized carbons (Fsp3) is 0.929. The van der Waals surface area contributed by atoms with E-state index < -0.39 is 0 Å². The van der Waals surface area contributed by atoms with Crippen LogP contribution in [-0.4, -0.2) is 5.78 Å². The van der Waals surface area contributed by atoms with Gasteiger partial charge >= 0.3 is 0 Å². The predicted molar refractivity (Wildman–Crippen MR) is 64.7 cm³/mol.